The molecule has 3 N–H and O–H groups in total. The average Bonchev–Trinajstić information content (AvgIpc) is 3.45. The number of carbonyl (C=O) groups excluding carboxylic acids is 1. The van der Waals surface area contributed by atoms with Gasteiger partial charge >= 0.3 is 0 Å². The molecule has 0 saturated carbocycles. The number of aromatic amines is 2. The van der Waals surface area contributed by atoms with Gasteiger partial charge in [0.15, 0.2) is 0 Å². The van der Waals surface area contributed by atoms with Crippen molar-refractivity contribution in [2.75, 3.05) is 19.6 Å². The zero-order valence-corrected chi connectivity index (χ0v) is 16.8. The third-order valence-electron chi connectivity index (χ3n) is 6.71. The van der Waals surface area contributed by atoms with Crippen LogP contribution in [-0.2, 0) is 11.3 Å². The summed E-state index contributed by atoms with van der Waals surface area (Å²) in [6.07, 6.45) is 3.95. The minimum atomic E-state index is -0.121. The van der Waals surface area contributed by atoms with Crippen LogP contribution in [0.3, 0.4) is 0 Å². The van der Waals surface area contributed by atoms with Crippen molar-refractivity contribution in [3.63, 3.8) is 0 Å². The van der Waals surface area contributed by atoms with Crippen molar-refractivity contribution in [1.82, 2.24) is 30.4 Å². The van der Waals surface area contributed by atoms with E-state index in [-0.39, 0.29) is 17.6 Å². The van der Waals surface area contributed by atoms with E-state index in [2.05, 4.69) is 30.4 Å². The van der Waals surface area contributed by atoms with Gasteiger partial charge in [-0.3, -0.25) is 14.8 Å². The van der Waals surface area contributed by atoms with Crippen LogP contribution in [0.1, 0.15) is 40.4 Å². The number of aryl methyl sites for hydroxylation is 2. The third kappa shape index (κ3) is 2.77. The van der Waals surface area contributed by atoms with Crippen LogP contribution in [-0.4, -0.2) is 62.3 Å². The second kappa shape index (κ2) is 6.57. The minimum Gasteiger partial charge on any atom is -0.370 e. The number of likely N-dealkylation sites (tertiary alicyclic amines) is 1. The number of rotatable bonds is 5. The lowest BCUT2D eigenvalue weighted by Gasteiger charge is -2.29. The van der Waals surface area contributed by atoms with Gasteiger partial charge in [0.1, 0.15) is 5.69 Å². The van der Waals surface area contributed by atoms with Crippen molar-refractivity contribution >= 4 is 17.5 Å². The molecular formula is C19H25ClN6O2. The number of hydrogen-bond acceptors (Lipinski definition) is 5. The summed E-state index contributed by atoms with van der Waals surface area (Å²) in [6.45, 7) is 6.98. The molecule has 150 valence electrons. The van der Waals surface area contributed by atoms with E-state index >= 15 is 0 Å². The van der Waals surface area contributed by atoms with Crippen molar-refractivity contribution in [2.24, 2.45) is 11.8 Å². The SMILES string of the molecule is Cc1[nH]cnc1C(=O)NC[C@H]1[C@H]2CN(Cc3n[nH]c(C)c3Cl)C[C@]23CC[C@H]1O3. The van der Waals surface area contributed by atoms with Crippen molar-refractivity contribution < 1.29 is 9.53 Å². The first-order valence-corrected chi connectivity index (χ1v) is 10.2. The minimum absolute atomic E-state index is 0.0832. The molecule has 4 atom stereocenters. The molecule has 8 nitrogen and oxygen atoms in total. The lowest BCUT2D eigenvalue weighted by Crippen LogP contribution is -2.42. The number of fused-ring (bicyclic) bond motifs is 1. The fourth-order valence-electron chi connectivity index (χ4n) is 5.34. The maximum atomic E-state index is 12.5. The Bertz CT molecular complexity index is 910. The molecule has 9 heteroatoms. The van der Waals surface area contributed by atoms with E-state index in [0.29, 0.717) is 24.1 Å². The highest BCUT2D eigenvalue weighted by molar-refractivity contribution is 6.31. The summed E-state index contributed by atoms with van der Waals surface area (Å²) < 4.78 is 6.47. The van der Waals surface area contributed by atoms with Crippen LogP contribution in [0.2, 0.25) is 5.02 Å². The normalized spacial score (nSPS) is 31.5. The molecule has 3 aliphatic heterocycles. The van der Waals surface area contributed by atoms with E-state index in [9.17, 15) is 4.79 Å². The van der Waals surface area contributed by atoms with E-state index in [4.69, 9.17) is 16.3 Å². The van der Waals surface area contributed by atoms with Gasteiger partial charge in [-0.1, -0.05) is 11.6 Å². The van der Waals surface area contributed by atoms with Crippen molar-refractivity contribution in [3.8, 4) is 0 Å². The van der Waals surface area contributed by atoms with Crippen molar-refractivity contribution in [1.29, 1.82) is 0 Å². The molecule has 1 amide bonds. The molecule has 3 saturated heterocycles. The molecule has 0 aliphatic carbocycles. The number of ether oxygens (including phenoxy) is 1. The Labute approximate surface area is 168 Å². The zero-order chi connectivity index (χ0) is 19.5. The number of H-pyrrole nitrogens is 2. The van der Waals surface area contributed by atoms with Crippen molar-refractivity contribution in [3.05, 3.63) is 34.1 Å². The van der Waals surface area contributed by atoms with Gasteiger partial charge in [-0.25, -0.2) is 4.98 Å². The highest BCUT2D eigenvalue weighted by Crippen LogP contribution is 2.54. The number of amides is 1. The lowest BCUT2D eigenvalue weighted by molar-refractivity contribution is 0.00203. The first-order chi connectivity index (χ1) is 13.5. The smallest absolute Gasteiger partial charge is 0.271 e. The number of nitrogens with one attached hydrogen (secondary N) is 3. The van der Waals surface area contributed by atoms with Gasteiger partial charge in [-0.15, -0.1) is 0 Å². The largest absolute Gasteiger partial charge is 0.370 e. The predicted molar refractivity (Wildman–Crippen MR) is 103 cm³/mol. The van der Waals surface area contributed by atoms with Crippen LogP contribution in [0.5, 0.6) is 0 Å². The number of nitrogens with zero attached hydrogens (tertiary/aromatic N) is 3. The quantitative estimate of drug-likeness (QED) is 0.705. The third-order valence-corrected chi connectivity index (χ3v) is 7.21. The van der Waals surface area contributed by atoms with Gasteiger partial charge in [0.2, 0.25) is 0 Å². The Hall–Kier alpha value is -1.90. The average molecular weight is 405 g/mol. The molecule has 2 aromatic rings. The fraction of sp³-hybridized carbons (Fsp3) is 0.632. The molecular weight excluding hydrogens is 380 g/mol. The first kappa shape index (κ1) is 18.1. The second-order valence-electron chi connectivity index (χ2n) is 8.40. The van der Waals surface area contributed by atoms with Crippen LogP contribution in [0.15, 0.2) is 6.33 Å². The van der Waals surface area contributed by atoms with Gasteiger partial charge in [0.05, 0.1) is 34.4 Å². The molecule has 5 rings (SSSR count). The lowest BCUT2D eigenvalue weighted by atomic mass is 9.73. The van der Waals surface area contributed by atoms with Crippen LogP contribution in [0.4, 0.5) is 0 Å². The number of imidazole rings is 1. The zero-order valence-electron chi connectivity index (χ0n) is 16.1. The van der Waals surface area contributed by atoms with Crippen LogP contribution in [0.25, 0.3) is 0 Å². The van der Waals surface area contributed by atoms with Gasteiger partial charge in [0.25, 0.3) is 5.91 Å². The highest BCUT2D eigenvalue weighted by atomic mass is 35.5. The Morgan fingerprint density at radius 1 is 1.46 bits per heavy atom. The summed E-state index contributed by atoms with van der Waals surface area (Å²) in [5, 5.41) is 11.1. The predicted octanol–water partition coefficient (Wildman–Crippen LogP) is 1.81. The Morgan fingerprint density at radius 3 is 3.04 bits per heavy atom. The summed E-state index contributed by atoms with van der Waals surface area (Å²) >= 11 is 6.35. The standard InChI is InChI=1S/C19H25ClN6O2/c1-10-16(20)14(25-24-10)7-26-6-13-12(15-3-4-19(13,8-26)28-15)5-21-18(27)17-11(2)22-9-23-17/h9,12-13,15H,3-8H2,1-2H3,(H,21,27)(H,22,23)(H,24,25)/t12-,13+,15+,19+/m0/s1. The number of aromatic nitrogens is 4. The molecule has 0 unspecified atom stereocenters. The van der Waals surface area contributed by atoms with Gasteiger partial charge in [-0.05, 0) is 26.7 Å². The van der Waals surface area contributed by atoms with Gasteiger partial charge in [0, 0.05) is 43.7 Å². The first-order valence-electron chi connectivity index (χ1n) is 9.84. The van der Waals surface area contributed by atoms with E-state index < -0.39 is 0 Å². The van der Waals surface area contributed by atoms with Crippen LogP contribution >= 0.6 is 11.6 Å². The molecule has 2 bridgehead atoms. The van der Waals surface area contributed by atoms with Gasteiger partial charge < -0.3 is 15.0 Å². The Balaban J connectivity index is 1.26. The molecule has 28 heavy (non-hydrogen) atoms. The molecule has 5 heterocycles. The maximum absolute atomic E-state index is 12.5. The number of halogens is 1. The topological polar surface area (TPSA) is 98.9 Å². The van der Waals surface area contributed by atoms with Crippen molar-refractivity contribution in [2.45, 2.75) is 44.9 Å². The van der Waals surface area contributed by atoms with Crippen LogP contribution in [0, 0.1) is 25.7 Å². The van der Waals surface area contributed by atoms with Gasteiger partial charge in [-0.2, -0.15) is 5.10 Å². The molecule has 0 radical (unpaired) electrons. The van der Waals surface area contributed by atoms with E-state index in [1.165, 1.54) is 0 Å². The number of carbonyl (C=O) groups is 1. The highest BCUT2D eigenvalue weighted by Gasteiger charge is 2.62. The Morgan fingerprint density at radius 2 is 2.32 bits per heavy atom. The van der Waals surface area contributed by atoms with Crippen LogP contribution < -0.4 is 5.32 Å². The Kier molecular flexibility index (Phi) is 4.26. The molecule has 1 spiro atoms. The number of hydrogen-bond donors (Lipinski definition) is 3. The van der Waals surface area contributed by atoms with E-state index in [1.54, 1.807) is 6.33 Å². The summed E-state index contributed by atoms with van der Waals surface area (Å²) in [5.74, 6) is 0.633. The molecule has 3 fully saturated rings. The van der Waals surface area contributed by atoms with E-state index in [0.717, 1.165) is 54.6 Å². The summed E-state index contributed by atoms with van der Waals surface area (Å²) in [7, 11) is 0. The summed E-state index contributed by atoms with van der Waals surface area (Å²) in [4.78, 5) is 21.9. The summed E-state index contributed by atoms with van der Waals surface area (Å²) in [5.41, 5.74) is 2.97. The second-order valence-corrected chi connectivity index (χ2v) is 8.77. The molecule has 3 aliphatic rings. The molecule has 2 aromatic heterocycles. The van der Waals surface area contributed by atoms with E-state index in [1.807, 2.05) is 13.8 Å². The maximum Gasteiger partial charge on any atom is 0.271 e. The summed E-state index contributed by atoms with van der Waals surface area (Å²) in [6, 6.07) is 0. The fourth-order valence-corrected chi connectivity index (χ4v) is 5.49. The monoisotopic (exact) mass is 404 g/mol. The molecule has 0 aromatic carbocycles.